The minimum absolute atomic E-state index is 0.103. The van der Waals surface area contributed by atoms with E-state index in [1.807, 2.05) is 89.2 Å². The SMILES string of the molecule is Cc1ccc(-n2cnc(-c3ccc(NC(=O)N=C4SC(C)(C)C(=O)N4c4c(C)cccc4C)cc3)n2)cc1. The average molecular weight is 525 g/mol. The quantitative estimate of drug-likeness (QED) is 0.338. The van der Waals surface area contributed by atoms with Crippen LogP contribution in [-0.2, 0) is 4.79 Å². The molecular weight excluding hydrogens is 496 g/mol. The maximum absolute atomic E-state index is 13.2. The predicted molar refractivity (Wildman–Crippen MR) is 153 cm³/mol. The van der Waals surface area contributed by atoms with E-state index in [-0.39, 0.29) is 5.91 Å². The maximum atomic E-state index is 13.2. The molecule has 5 rings (SSSR count). The summed E-state index contributed by atoms with van der Waals surface area (Å²) in [6.45, 7) is 9.62. The summed E-state index contributed by atoms with van der Waals surface area (Å²) in [5, 5.41) is 7.73. The lowest BCUT2D eigenvalue weighted by Gasteiger charge is -2.22. The van der Waals surface area contributed by atoms with Crippen LogP contribution in [0.1, 0.15) is 30.5 Å². The predicted octanol–water partition coefficient (Wildman–Crippen LogP) is 6.31. The number of hydrogen-bond acceptors (Lipinski definition) is 5. The summed E-state index contributed by atoms with van der Waals surface area (Å²) >= 11 is 1.28. The summed E-state index contributed by atoms with van der Waals surface area (Å²) in [5.41, 5.74) is 6.16. The third-order valence-corrected chi connectivity index (χ3v) is 7.44. The van der Waals surface area contributed by atoms with Crippen LogP contribution in [0, 0.1) is 20.8 Å². The van der Waals surface area contributed by atoms with Gasteiger partial charge in [-0.3, -0.25) is 9.69 Å². The van der Waals surface area contributed by atoms with E-state index in [1.165, 1.54) is 17.3 Å². The number of carbonyl (C=O) groups is 2. The Balaban J connectivity index is 1.34. The highest BCUT2D eigenvalue weighted by atomic mass is 32.2. The number of aryl methyl sites for hydroxylation is 3. The van der Waals surface area contributed by atoms with Crippen molar-refractivity contribution >= 4 is 40.2 Å². The number of carbonyl (C=O) groups excluding carboxylic acids is 2. The zero-order valence-electron chi connectivity index (χ0n) is 21.9. The zero-order valence-corrected chi connectivity index (χ0v) is 22.7. The molecule has 9 heteroatoms. The van der Waals surface area contributed by atoms with E-state index in [1.54, 1.807) is 28.0 Å². The van der Waals surface area contributed by atoms with E-state index in [0.717, 1.165) is 28.1 Å². The Morgan fingerprint density at radius 2 is 1.61 bits per heavy atom. The average Bonchev–Trinajstić information content (AvgIpc) is 3.44. The Bertz CT molecular complexity index is 1530. The van der Waals surface area contributed by atoms with E-state index in [2.05, 4.69) is 20.4 Å². The summed E-state index contributed by atoms with van der Waals surface area (Å²) in [4.78, 5) is 36.4. The second-order valence-electron chi connectivity index (χ2n) is 9.74. The minimum atomic E-state index is -0.732. The van der Waals surface area contributed by atoms with Crippen LogP contribution in [-0.4, -0.2) is 36.6 Å². The van der Waals surface area contributed by atoms with Crippen LogP contribution in [0.3, 0.4) is 0 Å². The number of hydrogen-bond donors (Lipinski definition) is 1. The van der Waals surface area contributed by atoms with Gasteiger partial charge in [0.25, 0.3) is 0 Å². The summed E-state index contributed by atoms with van der Waals surface area (Å²) in [5.74, 6) is 0.476. The van der Waals surface area contributed by atoms with Crippen molar-refractivity contribution in [3.63, 3.8) is 0 Å². The molecule has 0 bridgehead atoms. The van der Waals surface area contributed by atoms with Crippen LogP contribution in [0.4, 0.5) is 16.2 Å². The zero-order chi connectivity index (χ0) is 27.0. The lowest BCUT2D eigenvalue weighted by molar-refractivity contribution is -0.118. The number of aromatic nitrogens is 3. The molecule has 0 aliphatic carbocycles. The Labute approximate surface area is 225 Å². The van der Waals surface area contributed by atoms with Gasteiger partial charge in [0.2, 0.25) is 5.91 Å². The van der Waals surface area contributed by atoms with Crippen LogP contribution in [0.2, 0.25) is 0 Å². The van der Waals surface area contributed by atoms with Crippen molar-refractivity contribution in [2.24, 2.45) is 4.99 Å². The highest BCUT2D eigenvalue weighted by Gasteiger charge is 2.46. The van der Waals surface area contributed by atoms with Gasteiger partial charge in [-0.2, -0.15) is 4.99 Å². The molecule has 0 atom stereocenters. The molecule has 0 radical (unpaired) electrons. The second kappa shape index (κ2) is 9.90. The van der Waals surface area contributed by atoms with Crippen molar-refractivity contribution in [2.75, 3.05) is 10.2 Å². The number of urea groups is 1. The van der Waals surface area contributed by atoms with Gasteiger partial charge in [0.05, 0.1) is 16.1 Å². The summed E-state index contributed by atoms with van der Waals surface area (Å²) in [7, 11) is 0. The molecular formula is C29H28N6O2S. The lowest BCUT2D eigenvalue weighted by atomic mass is 10.1. The molecule has 0 unspecified atom stereocenters. The van der Waals surface area contributed by atoms with Gasteiger partial charge in [-0.25, -0.2) is 14.5 Å². The molecule has 2 heterocycles. The van der Waals surface area contributed by atoms with Crippen molar-refractivity contribution in [2.45, 2.75) is 39.4 Å². The van der Waals surface area contributed by atoms with E-state index >= 15 is 0 Å². The first-order valence-electron chi connectivity index (χ1n) is 12.2. The number of para-hydroxylation sites is 1. The third-order valence-electron chi connectivity index (χ3n) is 6.30. The van der Waals surface area contributed by atoms with Crippen LogP contribution >= 0.6 is 11.8 Å². The number of anilines is 2. The number of amidine groups is 1. The van der Waals surface area contributed by atoms with E-state index < -0.39 is 10.8 Å². The first-order chi connectivity index (χ1) is 18.1. The molecule has 1 aliphatic rings. The van der Waals surface area contributed by atoms with Gasteiger partial charge in [-0.05, 0) is 82.1 Å². The van der Waals surface area contributed by atoms with Crippen molar-refractivity contribution < 1.29 is 9.59 Å². The van der Waals surface area contributed by atoms with Crippen LogP contribution in [0.25, 0.3) is 17.1 Å². The van der Waals surface area contributed by atoms with E-state index in [9.17, 15) is 9.59 Å². The topological polar surface area (TPSA) is 92.5 Å². The molecule has 0 spiro atoms. The summed E-state index contributed by atoms with van der Waals surface area (Å²) in [6.07, 6.45) is 1.68. The standard InChI is InChI=1S/C29H28N6O2S/c1-18-9-15-23(16-10-18)34-17-30-25(33-34)21-11-13-22(14-12-21)31-27(37)32-28-35(26(36)29(4,5)38-28)24-19(2)7-6-8-20(24)3/h6-17H,1-5H3,(H,31,37). The highest BCUT2D eigenvalue weighted by molar-refractivity contribution is 8.16. The summed E-state index contributed by atoms with van der Waals surface area (Å²) in [6, 6.07) is 20.6. The smallest absolute Gasteiger partial charge is 0.306 e. The Morgan fingerprint density at radius 3 is 2.26 bits per heavy atom. The molecule has 1 N–H and O–H groups in total. The van der Waals surface area contributed by atoms with Gasteiger partial charge >= 0.3 is 6.03 Å². The fourth-order valence-electron chi connectivity index (χ4n) is 4.26. The third kappa shape index (κ3) is 4.97. The molecule has 1 saturated heterocycles. The number of nitrogens with one attached hydrogen (secondary N) is 1. The van der Waals surface area contributed by atoms with E-state index in [0.29, 0.717) is 16.7 Å². The van der Waals surface area contributed by atoms with Crippen LogP contribution in [0.15, 0.2) is 78.0 Å². The molecule has 3 aromatic carbocycles. The molecule has 0 saturated carbocycles. The number of amides is 3. The minimum Gasteiger partial charge on any atom is -0.306 e. The maximum Gasteiger partial charge on any atom is 0.347 e. The fraction of sp³-hybridized carbons (Fsp3) is 0.207. The number of nitrogens with zero attached hydrogens (tertiary/aromatic N) is 5. The number of aliphatic imine (C=N–C) groups is 1. The van der Waals surface area contributed by atoms with Crippen LogP contribution in [0.5, 0.6) is 0 Å². The second-order valence-corrected chi connectivity index (χ2v) is 11.3. The van der Waals surface area contributed by atoms with Gasteiger partial charge in [0.15, 0.2) is 11.0 Å². The number of rotatable bonds is 4. The Hall–Kier alpha value is -4.24. The van der Waals surface area contributed by atoms with Crippen molar-refractivity contribution in [1.29, 1.82) is 0 Å². The normalized spacial score (nSPS) is 15.8. The molecule has 8 nitrogen and oxygen atoms in total. The molecule has 4 aromatic rings. The number of thioether (sulfide) groups is 1. The lowest BCUT2D eigenvalue weighted by Crippen LogP contribution is -2.37. The van der Waals surface area contributed by atoms with Crippen LogP contribution < -0.4 is 10.2 Å². The van der Waals surface area contributed by atoms with E-state index in [4.69, 9.17) is 0 Å². The first kappa shape index (κ1) is 25.4. The highest BCUT2D eigenvalue weighted by Crippen LogP contribution is 2.41. The van der Waals surface area contributed by atoms with Crippen molar-refractivity contribution in [3.8, 4) is 17.1 Å². The molecule has 1 aliphatic heterocycles. The monoisotopic (exact) mass is 524 g/mol. The Kier molecular flexibility index (Phi) is 6.62. The van der Waals surface area contributed by atoms with Gasteiger partial charge in [0, 0.05) is 11.3 Å². The largest absolute Gasteiger partial charge is 0.347 e. The van der Waals surface area contributed by atoms with Crippen molar-refractivity contribution in [3.05, 3.63) is 89.7 Å². The van der Waals surface area contributed by atoms with Gasteiger partial charge in [-0.1, -0.05) is 47.7 Å². The van der Waals surface area contributed by atoms with Crippen molar-refractivity contribution in [1.82, 2.24) is 14.8 Å². The molecule has 192 valence electrons. The van der Waals surface area contributed by atoms with Gasteiger partial charge in [-0.15, -0.1) is 5.10 Å². The molecule has 38 heavy (non-hydrogen) atoms. The summed E-state index contributed by atoms with van der Waals surface area (Å²) < 4.78 is 0.995. The number of benzene rings is 3. The molecule has 1 fully saturated rings. The van der Waals surface area contributed by atoms with Gasteiger partial charge < -0.3 is 5.32 Å². The molecule has 3 amide bonds. The molecule has 1 aromatic heterocycles. The fourth-order valence-corrected chi connectivity index (χ4v) is 5.29. The van der Waals surface area contributed by atoms with Gasteiger partial charge in [0.1, 0.15) is 6.33 Å². The Morgan fingerprint density at radius 1 is 0.947 bits per heavy atom. The first-order valence-corrected chi connectivity index (χ1v) is 13.0.